The molecule has 0 radical (unpaired) electrons. The summed E-state index contributed by atoms with van der Waals surface area (Å²) >= 11 is 0. The average Bonchev–Trinajstić information content (AvgIpc) is 2.38. The lowest BCUT2D eigenvalue weighted by Gasteiger charge is -2.25. The maximum absolute atomic E-state index is 12.2. The highest BCUT2D eigenvalue weighted by Gasteiger charge is 2.31. The molecule has 0 aliphatic rings. The van der Waals surface area contributed by atoms with Gasteiger partial charge in [0.05, 0.1) is 4.90 Å². The van der Waals surface area contributed by atoms with Crippen LogP contribution < -0.4 is 10.5 Å². The molecule has 0 aliphatic heterocycles. The third-order valence-electron chi connectivity index (χ3n) is 3.38. The van der Waals surface area contributed by atoms with Crippen molar-refractivity contribution in [2.75, 3.05) is 12.4 Å². The second-order valence-electron chi connectivity index (χ2n) is 4.76. The Morgan fingerprint density at radius 3 is 2.45 bits per heavy atom. The molecule has 1 unspecified atom stereocenters. The van der Waals surface area contributed by atoms with Crippen molar-refractivity contribution in [3.05, 3.63) is 23.8 Å². The number of sulfonamides is 1. The van der Waals surface area contributed by atoms with Gasteiger partial charge in [0.15, 0.2) is 0 Å². The van der Waals surface area contributed by atoms with Crippen molar-refractivity contribution in [1.82, 2.24) is 0 Å². The molecule has 3 N–H and O–H groups in total. The van der Waals surface area contributed by atoms with Crippen LogP contribution in [0.4, 0.5) is 5.69 Å². The number of nitrogens with two attached hydrogens (primary N) is 1. The number of amides is 1. The summed E-state index contributed by atoms with van der Waals surface area (Å²) < 4.78 is 27.7. The smallest absolute Gasteiger partial charge is 0.256 e. The summed E-state index contributed by atoms with van der Waals surface area (Å²) in [6.07, 6.45) is 0.518. The second kappa shape index (κ2) is 5.90. The molecule has 1 aromatic carbocycles. The molecule has 20 heavy (non-hydrogen) atoms. The predicted molar refractivity (Wildman–Crippen MR) is 76.9 cm³/mol. The summed E-state index contributed by atoms with van der Waals surface area (Å²) in [6.45, 7) is 5.23. The minimum absolute atomic E-state index is 0.0120. The van der Waals surface area contributed by atoms with Crippen LogP contribution in [0.15, 0.2) is 23.1 Å². The molecule has 6 nitrogen and oxygen atoms in total. The number of aryl methyl sites for hydroxylation is 1. The third-order valence-corrected chi connectivity index (χ3v) is 4.29. The van der Waals surface area contributed by atoms with E-state index >= 15 is 0 Å². The first-order chi connectivity index (χ1) is 9.14. The molecule has 1 amide bonds. The molecule has 1 rings (SSSR count). The van der Waals surface area contributed by atoms with E-state index in [0.717, 1.165) is 0 Å². The summed E-state index contributed by atoms with van der Waals surface area (Å²) in [5.74, 6) is -0.283. The van der Waals surface area contributed by atoms with Gasteiger partial charge in [0, 0.05) is 12.8 Å². The largest absolute Gasteiger partial charge is 0.369 e. The Hall–Kier alpha value is -1.44. The van der Waals surface area contributed by atoms with Gasteiger partial charge < -0.3 is 10.1 Å². The summed E-state index contributed by atoms with van der Waals surface area (Å²) in [7, 11) is -2.27. The molecule has 0 saturated heterocycles. The number of primary sulfonamides is 1. The van der Waals surface area contributed by atoms with Gasteiger partial charge in [-0.1, -0.05) is 6.92 Å². The van der Waals surface area contributed by atoms with E-state index in [-0.39, 0.29) is 10.8 Å². The zero-order chi connectivity index (χ0) is 15.6. The van der Waals surface area contributed by atoms with Gasteiger partial charge in [0.25, 0.3) is 5.91 Å². The van der Waals surface area contributed by atoms with E-state index in [2.05, 4.69) is 5.32 Å². The Labute approximate surface area is 119 Å². The molecule has 1 atom stereocenters. The highest BCUT2D eigenvalue weighted by molar-refractivity contribution is 7.89. The van der Waals surface area contributed by atoms with Crippen molar-refractivity contribution >= 4 is 21.6 Å². The SMILES string of the molecule is CCC(C)(OC)C(=O)Nc1ccc(S(N)(=O)=O)cc1C. The number of carbonyl (C=O) groups is 1. The normalized spacial score (nSPS) is 14.7. The molecular weight excluding hydrogens is 280 g/mol. The first-order valence-electron chi connectivity index (χ1n) is 6.14. The van der Waals surface area contributed by atoms with Gasteiger partial charge in [-0.2, -0.15) is 0 Å². The van der Waals surface area contributed by atoms with E-state index in [9.17, 15) is 13.2 Å². The number of hydrogen-bond donors (Lipinski definition) is 2. The van der Waals surface area contributed by atoms with Crippen LogP contribution in [-0.4, -0.2) is 27.0 Å². The van der Waals surface area contributed by atoms with E-state index < -0.39 is 15.6 Å². The Morgan fingerprint density at radius 2 is 2.05 bits per heavy atom. The Morgan fingerprint density at radius 1 is 1.45 bits per heavy atom. The predicted octanol–water partition coefficient (Wildman–Crippen LogP) is 1.40. The minimum atomic E-state index is -3.75. The summed E-state index contributed by atoms with van der Waals surface area (Å²) in [4.78, 5) is 12.2. The van der Waals surface area contributed by atoms with Gasteiger partial charge in [-0.25, -0.2) is 13.6 Å². The van der Waals surface area contributed by atoms with Crippen LogP contribution in [-0.2, 0) is 19.6 Å². The second-order valence-corrected chi connectivity index (χ2v) is 6.33. The maximum atomic E-state index is 12.2. The van der Waals surface area contributed by atoms with Crippen molar-refractivity contribution in [2.24, 2.45) is 5.14 Å². The lowest BCUT2D eigenvalue weighted by Crippen LogP contribution is -2.41. The van der Waals surface area contributed by atoms with Crippen molar-refractivity contribution in [2.45, 2.75) is 37.7 Å². The number of anilines is 1. The highest BCUT2D eigenvalue weighted by Crippen LogP contribution is 2.22. The van der Waals surface area contributed by atoms with Crippen molar-refractivity contribution in [3.8, 4) is 0 Å². The fraction of sp³-hybridized carbons (Fsp3) is 0.462. The molecule has 7 heteroatoms. The quantitative estimate of drug-likeness (QED) is 0.858. The van der Waals surface area contributed by atoms with Crippen LogP contribution in [0.25, 0.3) is 0 Å². The minimum Gasteiger partial charge on any atom is -0.369 e. The van der Waals surface area contributed by atoms with Crippen LogP contribution in [0.1, 0.15) is 25.8 Å². The van der Waals surface area contributed by atoms with Gasteiger partial charge in [-0.3, -0.25) is 4.79 Å². The van der Waals surface area contributed by atoms with E-state index in [1.807, 2.05) is 6.92 Å². The number of benzene rings is 1. The highest BCUT2D eigenvalue weighted by atomic mass is 32.2. The van der Waals surface area contributed by atoms with Gasteiger partial charge in [-0.05, 0) is 44.0 Å². The lowest BCUT2D eigenvalue weighted by molar-refractivity contribution is -0.136. The number of nitrogens with one attached hydrogen (secondary N) is 1. The summed E-state index contributed by atoms with van der Waals surface area (Å²) in [5.41, 5.74) is 0.212. The first-order valence-corrected chi connectivity index (χ1v) is 7.68. The van der Waals surface area contributed by atoms with Crippen molar-refractivity contribution in [1.29, 1.82) is 0 Å². The van der Waals surface area contributed by atoms with E-state index in [4.69, 9.17) is 9.88 Å². The topological polar surface area (TPSA) is 98.5 Å². The molecule has 0 heterocycles. The number of hydrogen-bond acceptors (Lipinski definition) is 4. The Kier molecular flexibility index (Phi) is 4.90. The number of rotatable bonds is 5. The molecule has 0 aliphatic carbocycles. The van der Waals surface area contributed by atoms with Crippen LogP contribution in [0.5, 0.6) is 0 Å². The molecule has 0 fully saturated rings. The zero-order valence-electron chi connectivity index (χ0n) is 12.1. The number of methoxy groups -OCH3 is 1. The fourth-order valence-electron chi connectivity index (χ4n) is 1.61. The van der Waals surface area contributed by atoms with Crippen LogP contribution in [0.3, 0.4) is 0 Å². The van der Waals surface area contributed by atoms with Crippen LogP contribution in [0.2, 0.25) is 0 Å². The standard InChI is InChI=1S/C13H20N2O4S/c1-5-13(3,19-4)12(16)15-11-7-6-10(8-9(11)2)20(14,17)18/h6-8H,5H2,1-4H3,(H,15,16)(H2,14,17,18). The summed E-state index contributed by atoms with van der Waals surface area (Å²) in [6, 6.07) is 4.29. The monoisotopic (exact) mass is 300 g/mol. The average molecular weight is 300 g/mol. The lowest BCUT2D eigenvalue weighted by atomic mass is 10.0. The van der Waals surface area contributed by atoms with Crippen molar-refractivity contribution < 1.29 is 17.9 Å². The summed E-state index contributed by atoms with van der Waals surface area (Å²) in [5, 5.41) is 7.79. The van der Waals surface area contributed by atoms with Gasteiger partial charge in [0.2, 0.25) is 10.0 Å². The molecule has 0 bridgehead atoms. The van der Waals surface area contributed by atoms with Crippen LogP contribution >= 0.6 is 0 Å². The maximum Gasteiger partial charge on any atom is 0.256 e. The van der Waals surface area contributed by atoms with Gasteiger partial charge in [-0.15, -0.1) is 0 Å². The van der Waals surface area contributed by atoms with E-state index in [1.54, 1.807) is 13.8 Å². The molecular formula is C13H20N2O4S. The van der Waals surface area contributed by atoms with Gasteiger partial charge >= 0.3 is 0 Å². The molecule has 0 spiro atoms. The van der Waals surface area contributed by atoms with E-state index in [0.29, 0.717) is 17.7 Å². The zero-order valence-corrected chi connectivity index (χ0v) is 12.9. The Balaban J connectivity index is 3.04. The number of carbonyl (C=O) groups excluding carboxylic acids is 1. The fourth-order valence-corrected chi connectivity index (χ4v) is 2.20. The Bertz CT molecular complexity index is 607. The molecule has 112 valence electrons. The molecule has 0 aromatic heterocycles. The third kappa shape index (κ3) is 3.56. The molecule has 0 saturated carbocycles. The van der Waals surface area contributed by atoms with Gasteiger partial charge in [0.1, 0.15) is 5.60 Å². The van der Waals surface area contributed by atoms with Crippen molar-refractivity contribution in [3.63, 3.8) is 0 Å². The molecule has 1 aromatic rings. The van der Waals surface area contributed by atoms with Crippen LogP contribution in [0, 0.1) is 6.92 Å². The first kappa shape index (κ1) is 16.6. The van der Waals surface area contributed by atoms with E-state index in [1.165, 1.54) is 25.3 Å². The number of ether oxygens (including phenoxy) is 1.